The maximum atomic E-state index is 4.16. The van der Waals surface area contributed by atoms with Crippen LogP contribution in [0.5, 0.6) is 0 Å². The molecule has 1 fully saturated rings. The summed E-state index contributed by atoms with van der Waals surface area (Å²) in [6.07, 6.45) is 12.3. The molecule has 0 amide bonds. The minimum atomic E-state index is 0.419. The lowest BCUT2D eigenvalue weighted by Gasteiger charge is -2.43. The first-order chi connectivity index (χ1) is 10.4. The second-order valence-electron chi connectivity index (χ2n) is 8.41. The molecule has 1 nitrogen and oxygen atoms in total. The Labute approximate surface area is 137 Å². The van der Waals surface area contributed by atoms with Crippen LogP contribution in [-0.2, 0) is 0 Å². The second-order valence-corrected chi connectivity index (χ2v) is 8.41. The maximum Gasteiger partial charge on any atom is 0.0270 e. The van der Waals surface area contributed by atoms with Gasteiger partial charge in [-0.05, 0) is 66.0 Å². The SMILES string of the molecule is CCC(C1CCC(C)CC1)C(C)(C)CC(C)c1ccncc1. The molecule has 0 bridgehead atoms. The molecule has 0 saturated heterocycles. The quantitative estimate of drug-likeness (QED) is 0.588. The van der Waals surface area contributed by atoms with E-state index in [9.17, 15) is 0 Å². The van der Waals surface area contributed by atoms with Crippen molar-refractivity contribution in [2.24, 2.45) is 23.2 Å². The summed E-state index contributed by atoms with van der Waals surface area (Å²) in [7, 11) is 0. The minimum Gasteiger partial charge on any atom is -0.265 e. The monoisotopic (exact) mass is 301 g/mol. The molecule has 1 saturated carbocycles. The van der Waals surface area contributed by atoms with Gasteiger partial charge in [0.1, 0.15) is 0 Å². The molecule has 2 atom stereocenters. The lowest BCUT2D eigenvalue weighted by Crippen LogP contribution is -2.33. The highest BCUT2D eigenvalue weighted by Crippen LogP contribution is 2.47. The Morgan fingerprint density at radius 2 is 1.73 bits per heavy atom. The van der Waals surface area contributed by atoms with Crippen LogP contribution in [0.1, 0.15) is 84.6 Å². The fraction of sp³-hybridized carbons (Fsp3) is 0.762. The molecule has 1 aliphatic carbocycles. The molecule has 0 radical (unpaired) electrons. The zero-order valence-corrected chi connectivity index (χ0v) is 15.3. The molecule has 2 rings (SSSR count). The lowest BCUT2D eigenvalue weighted by atomic mass is 9.62. The number of nitrogens with zero attached hydrogens (tertiary/aromatic N) is 1. The topological polar surface area (TPSA) is 12.9 Å². The summed E-state index contributed by atoms with van der Waals surface area (Å²) in [4.78, 5) is 4.16. The number of aromatic nitrogens is 1. The highest BCUT2D eigenvalue weighted by atomic mass is 14.6. The molecule has 0 aromatic carbocycles. The average molecular weight is 302 g/mol. The van der Waals surface area contributed by atoms with E-state index in [2.05, 4.69) is 51.7 Å². The Balaban J connectivity index is 2.03. The van der Waals surface area contributed by atoms with Crippen molar-refractivity contribution in [1.82, 2.24) is 4.98 Å². The van der Waals surface area contributed by atoms with Crippen LogP contribution in [0, 0.1) is 23.2 Å². The van der Waals surface area contributed by atoms with Crippen LogP contribution in [0.4, 0.5) is 0 Å². The van der Waals surface area contributed by atoms with Gasteiger partial charge in [0, 0.05) is 12.4 Å². The van der Waals surface area contributed by atoms with Crippen LogP contribution in [-0.4, -0.2) is 4.98 Å². The molecule has 1 heteroatoms. The van der Waals surface area contributed by atoms with E-state index in [0.717, 1.165) is 17.8 Å². The minimum absolute atomic E-state index is 0.419. The van der Waals surface area contributed by atoms with E-state index in [-0.39, 0.29) is 0 Å². The fourth-order valence-corrected chi connectivity index (χ4v) is 4.96. The summed E-state index contributed by atoms with van der Waals surface area (Å²) in [5.41, 5.74) is 1.86. The number of pyridine rings is 1. The number of hydrogen-bond acceptors (Lipinski definition) is 1. The Bertz CT molecular complexity index is 428. The van der Waals surface area contributed by atoms with Crippen molar-refractivity contribution in [3.63, 3.8) is 0 Å². The Morgan fingerprint density at radius 3 is 2.27 bits per heavy atom. The van der Waals surface area contributed by atoms with Crippen molar-refractivity contribution in [1.29, 1.82) is 0 Å². The normalized spacial score (nSPS) is 25.7. The first-order valence-electron chi connectivity index (χ1n) is 9.34. The van der Waals surface area contributed by atoms with Crippen LogP contribution in [0.3, 0.4) is 0 Å². The van der Waals surface area contributed by atoms with Gasteiger partial charge in [-0.2, -0.15) is 0 Å². The third kappa shape index (κ3) is 4.33. The van der Waals surface area contributed by atoms with Crippen LogP contribution >= 0.6 is 0 Å². The van der Waals surface area contributed by atoms with Crippen LogP contribution < -0.4 is 0 Å². The maximum absolute atomic E-state index is 4.16. The highest BCUT2D eigenvalue weighted by molar-refractivity contribution is 5.15. The second kappa shape index (κ2) is 7.62. The molecule has 22 heavy (non-hydrogen) atoms. The Hall–Kier alpha value is -0.850. The average Bonchev–Trinajstić information content (AvgIpc) is 2.50. The standard InChI is InChI=1S/C21H35N/c1-6-20(19-9-7-16(2)8-10-19)21(4,5)15-17(3)18-11-13-22-14-12-18/h11-14,16-17,19-20H,6-10,15H2,1-5H3. The molecule has 1 aliphatic rings. The van der Waals surface area contributed by atoms with Crippen LogP contribution in [0.15, 0.2) is 24.5 Å². The predicted octanol–water partition coefficient (Wildman–Crippen LogP) is 6.45. The van der Waals surface area contributed by atoms with Gasteiger partial charge in [0.15, 0.2) is 0 Å². The summed E-state index contributed by atoms with van der Waals surface area (Å²) < 4.78 is 0. The van der Waals surface area contributed by atoms with Gasteiger partial charge in [-0.3, -0.25) is 4.98 Å². The van der Waals surface area contributed by atoms with Gasteiger partial charge in [0.25, 0.3) is 0 Å². The summed E-state index contributed by atoms with van der Waals surface area (Å²) in [5, 5.41) is 0. The van der Waals surface area contributed by atoms with Crippen molar-refractivity contribution >= 4 is 0 Å². The van der Waals surface area contributed by atoms with Crippen molar-refractivity contribution in [3.05, 3.63) is 30.1 Å². The van der Waals surface area contributed by atoms with Crippen molar-refractivity contribution in [2.75, 3.05) is 0 Å². The van der Waals surface area contributed by atoms with Gasteiger partial charge in [-0.15, -0.1) is 0 Å². The van der Waals surface area contributed by atoms with Crippen molar-refractivity contribution in [2.45, 2.75) is 79.1 Å². The third-order valence-electron chi connectivity index (χ3n) is 6.18. The van der Waals surface area contributed by atoms with E-state index >= 15 is 0 Å². The van der Waals surface area contributed by atoms with Gasteiger partial charge in [-0.1, -0.05) is 53.9 Å². The zero-order valence-electron chi connectivity index (χ0n) is 15.3. The van der Waals surface area contributed by atoms with E-state index in [1.165, 1.54) is 44.1 Å². The van der Waals surface area contributed by atoms with E-state index in [0.29, 0.717) is 11.3 Å². The molecular formula is C21H35N. The Morgan fingerprint density at radius 1 is 1.14 bits per heavy atom. The molecule has 2 unspecified atom stereocenters. The van der Waals surface area contributed by atoms with E-state index in [4.69, 9.17) is 0 Å². The van der Waals surface area contributed by atoms with Crippen LogP contribution in [0.2, 0.25) is 0 Å². The molecule has 1 heterocycles. The number of rotatable bonds is 6. The van der Waals surface area contributed by atoms with E-state index in [1.54, 1.807) is 0 Å². The van der Waals surface area contributed by atoms with Gasteiger partial charge >= 0.3 is 0 Å². The van der Waals surface area contributed by atoms with Crippen molar-refractivity contribution < 1.29 is 0 Å². The lowest BCUT2D eigenvalue weighted by molar-refractivity contribution is 0.0806. The summed E-state index contributed by atoms with van der Waals surface area (Å²) in [6, 6.07) is 4.37. The van der Waals surface area contributed by atoms with Gasteiger partial charge < -0.3 is 0 Å². The molecule has 1 aromatic heterocycles. The Kier molecular flexibility index (Phi) is 6.06. The summed E-state index contributed by atoms with van der Waals surface area (Å²) in [5.74, 6) is 3.38. The smallest absolute Gasteiger partial charge is 0.0270 e. The molecule has 124 valence electrons. The van der Waals surface area contributed by atoms with Crippen LogP contribution in [0.25, 0.3) is 0 Å². The highest BCUT2D eigenvalue weighted by Gasteiger charge is 2.36. The molecule has 0 aliphatic heterocycles. The first-order valence-corrected chi connectivity index (χ1v) is 9.34. The van der Waals surface area contributed by atoms with Gasteiger partial charge in [0.05, 0.1) is 0 Å². The molecule has 0 N–H and O–H groups in total. The number of hydrogen-bond donors (Lipinski definition) is 0. The molecule has 0 spiro atoms. The van der Waals surface area contributed by atoms with Gasteiger partial charge in [-0.25, -0.2) is 0 Å². The largest absolute Gasteiger partial charge is 0.265 e. The van der Waals surface area contributed by atoms with Gasteiger partial charge in [0.2, 0.25) is 0 Å². The molecule has 1 aromatic rings. The zero-order chi connectivity index (χ0) is 16.2. The fourth-order valence-electron chi connectivity index (χ4n) is 4.96. The predicted molar refractivity (Wildman–Crippen MR) is 96.0 cm³/mol. The van der Waals surface area contributed by atoms with E-state index in [1.807, 2.05) is 12.4 Å². The third-order valence-corrected chi connectivity index (χ3v) is 6.18. The van der Waals surface area contributed by atoms with Crippen molar-refractivity contribution in [3.8, 4) is 0 Å². The summed E-state index contributed by atoms with van der Waals surface area (Å²) in [6.45, 7) is 12.2. The first kappa shape index (κ1) is 17.5. The molecular weight excluding hydrogens is 266 g/mol. The summed E-state index contributed by atoms with van der Waals surface area (Å²) >= 11 is 0. The van der Waals surface area contributed by atoms with E-state index < -0.39 is 0 Å².